The molecule has 4 heteroatoms. The van der Waals surface area contributed by atoms with Gasteiger partial charge in [-0.05, 0) is 12.8 Å². The Kier molecular flexibility index (Phi) is 2.79. The van der Waals surface area contributed by atoms with E-state index < -0.39 is 11.4 Å². The summed E-state index contributed by atoms with van der Waals surface area (Å²) in [7, 11) is 0. The SMILES string of the molecule is CCC(N)(O)C(N)(O)CC. The van der Waals surface area contributed by atoms with Gasteiger partial charge in [-0.3, -0.25) is 0 Å². The summed E-state index contributed by atoms with van der Waals surface area (Å²) in [6.45, 7) is 3.32. The van der Waals surface area contributed by atoms with E-state index in [9.17, 15) is 10.2 Å². The normalized spacial score (nSPS) is 23.4. The molecule has 0 aliphatic rings. The van der Waals surface area contributed by atoms with Crippen molar-refractivity contribution in [3.63, 3.8) is 0 Å². The standard InChI is InChI=1S/C6H16N2O2/c1-3-5(7,9)6(8,10)4-2/h9-10H,3-4,7-8H2,1-2H3. The first kappa shape index (κ1) is 9.84. The molecule has 0 spiro atoms. The van der Waals surface area contributed by atoms with Gasteiger partial charge in [0.1, 0.15) is 0 Å². The molecule has 0 radical (unpaired) electrons. The van der Waals surface area contributed by atoms with E-state index in [1.807, 2.05) is 0 Å². The molecule has 6 N–H and O–H groups in total. The first-order valence-electron chi connectivity index (χ1n) is 3.40. The van der Waals surface area contributed by atoms with E-state index in [4.69, 9.17) is 11.5 Å². The molecule has 0 aliphatic carbocycles. The molecule has 0 saturated heterocycles. The molecule has 0 fully saturated rings. The topological polar surface area (TPSA) is 92.5 Å². The number of hydrogen-bond donors (Lipinski definition) is 4. The van der Waals surface area contributed by atoms with Gasteiger partial charge in [0.15, 0.2) is 11.4 Å². The quantitative estimate of drug-likeness (QED) is 0.390. The van der Waals surface area contributed by atoms with E-state index in [1.54, 1.807) is 13.8 Å². The Bertz CT molecular complexity index is 98.3. The predicted octanol–water partition coefficient (Wildman–Crippen LogP) is -0.899. The molecule has 0 aromatic rings. The maximum absolute atomic E-state index is 9.25. The Morgan fingerprint density at radius 3 is 1.30 bits per heavy atom. The van der Waals surface area contributed by atoms with Crippen molar-refractivity contribution in [2.45, 2.75) is 38.1 Å². The van der Waals surface area contributed by atoms with Crippen LogP contribution in [-0.4, -0.2) is 21.7 Å². The van der Waals surface area contributed by atoms with Crippen LogP contribution in [0.2, 0.25) is 0 Å². The van der Waals surface area contributed by atoms with Gasteiger partial charge in [0, 0.05) is 0 Å². The Morgan fingerprint density at radius 1 is 1.00 bits per heavy atom. The summed E-state index contributed by atoms with van der Waals surface area (Å²) < 4.78 is 0. The molecule has 10 heavy (non-hydrogen) atoms. The highest BCUT2D eigenvalue weighted by Gasteiger charge is 2.40. The lowest BCUT2D eigenvalue weighted by Gasteiger charge is -2.36. The van der Waals surface area contributed by atoms with E-state index in [0.717, 1.165) is 0 Å². The van der Waals surface area contributed by atoms with E-state index in [0.29, 0.717) is 0 Å². The third kappa shape index (κ3) is 1.67. The van der Waals surface area contributed by atoms with Crippen LogP contribution in [0.4, 0.5) is 0 Å². The Labute approximate surface area is 60.8 Å². The van der Waals surface area contributed by atoms with Gasteiger partial charge in [0.25, 0.3) is 0 Å². The van der Waals surface area contributed by atoms with Crippen LogP contribution in [0.1, 0.15) is 26.7 Å². The molecule has 0 aliphatic heterocycles. The largest absolute Gasteiger partial charge is 0.372 e. The number of rotatable bonds is 3. The van der Waals surface area contributed by atoms with Gasteiger partial charge in [-0.25, -0.2) is 0 Å². The molecular weight excluding hydrogens is 132 g/mol. The third-order valence-electron chi connectivity index (χ3n) is 1.83. The number of nitrogens with two attached hydrogens (primary N) is 2. The monoisotopic (exact) mass is 148 g/mol. The summed E-state index contributed by atoms with van der Waals surface area (Å²) in [5.41, 5.74) is 7.21. The van der Waals surface area contributed by atoms with Crippen molar-refractivity contribution >= 4 is 0 Å². The van der Waals surface area contributed by atoms with Crippen molar-refractivity contribution in [2.24, 2.45) is 11.5 Å². The van der Waals surface area contributed by atoms with E-state index in [1.165, 1.54) is 0 Å². The maximum Gasteiger partial charge on any atom is 0.155 e. The average Bonchev–Trinajstić information content (AvgIpc) is 1.88. The zero-order valence-corrected chi connectivity index (χ0v) is 6.46. The molecule has 62 valence electrons. The molecule has 0 heterocycles. The highest BCUT2D eigenvalue weighted by Crippen LogP contribution is 2.17. The lowest BCUT2D eigenvalue weighted by molar-refractivity contribution is -0.149. The number of aliphatic hydroxyl groups is 2. The van der Waals surface area contributed by atoms with Crippen molar-refractivity contribution in [1.29, 1.82) is 0 Å². The average molecular weight is 148 g/mol. The molecule has 0 bridgehead atoms. The molecule has 0 amide bonds. The van der Waals surface area contributed by atoms with Crippen molar-refractivity contribution in [1.82, 2.24) is 0 Å². The molecule has 0 aromatic carbocycles. The Morgan fingerprint density at radius 2 is 1.20 bits per heavy atom. The summed E-state index contributed by atoms with van der Waals surface area (Å²) in [6, 6.07) is 0. The van der Waals surface area contributed by atoms with Crippen LogP contribution in [0, 0.1) is 0 Å². The molecule has 2 atom stereocenters. The predicted molar refractivity (Wildman–Crippen MR) is 38.9 cm³/mol. The van der Waals surface area contributed by atoms with Gasteiger partial charge < -0.3 is 21.7 Å². The van der Waals surface area contributed by atoms with E-state index in [2.05, 4.69) is 0 Å². The van der Waals surface area contributed by atoms with Crippen molar-refractivity contribution < 1.29 is 10.2 Å². The van der Waals surface area contributed by atoms with E-state index >= 15 is 0 Å². The van der Waals surface area contributed by atoms with Crippen LogP contribution < -0.4 is 11.5 Å². The van der Waals surface area contributed by atoms with Crippen molar-refractivity contribution in [2.75, 3.05) is 0 Å². The fraction of sp³-hybridized carbons (Fsp3) is 1.00. The van der Waals surface area contributed by atoms with E-state index in [-0.39, 0.29) is 12.8 Å². The summed E-state index contributed by atoms with van der Waals surface area (Å²) in [6.07, 6.45) is 0.460. The van der Waals surface area contributed by atoms with Crippen LogP contribution >= 0.6 is 0 Å². The zero-order valence-electron chi connectivity index (χ0n) is 6.46. The minimum absolute atomic E-state index is 0.230. The summed E-state index contributed by atoms with van der Waals surface area (Å²) >= 11 is 0. The first-order valence-corrected chi connectivity index (χ1v) is 3.40. The second kappa shape index (κ2) is 2.84. The molecular formula is C6H16N2O2. The second-order valence-corrected chi connectivity index (χ2v) is 2.56. The van der Waals surface area contributed by atoms with Crippen molar-refractivity contribution in [3.8, 4) is 0 Å². The van der Waals surface area contributed by atoms with Gasteiger partial charge in [-0.2, -0.15) is 0 Å². The molecule has 0 saturated carbocycles. The van der Waals surface area contributed by atoms with Gasteiger partial charge >= 0.3 is 0 Å². The number of hydrogen-bond acceptors (Lipinski definition) is 4. The van der Waals surface area contributed by atoms with Gasteiger partial charge in [0.2, 0.25) is 0 Å². The first-order chi connectivity index (χ1) is 4.37. The fourth-order valence-electron chi connectivity index (χ4n) is 0.612. The van der Waals surface area contributed by atoms with Crippen LogP contribution in [0.5, 0.6) is 0 Å². The van der Waals surface area contributed by atoms with Gasteiger partial charge in [-0.15, -0.1) is 0 Å². The highest BCUT2D eigenvalue weighted by atomic mass is 16.4. The van der Waals surface area contributed by atoms with Crippen LogP contribution in [-0.2, 0) is 0 Å². The zero-order chi connectivity index (χ0) is 8.41. The van der Waals surface area contributed by atoms with Crippen LogP contribution in [0.15, 0.2) is 0 Å². The third-order valence-corrected chi connectivity index (χ3v) is 1.83. The minimum Gasteiger partial charge on any atom is -0.372 e. The Balaban J connectivity index is 4.28. The minimum atomic E-state index is -1.68. The molecule has 0 rings (SSSR count). The highest BCUT2D eigenvalue weighted by molar-refractivity contribution is 4.88. The van der Waals surface area contributed by atoms with Crippen LogP contribution in [0.3, 0.4) is 0 Å². The summed E-state index contributed by atoms with van der Waals surface area (Å²) in [5.74, 6) is 0. The molecule has 0 aromatic heterocycles. The Hall–Kier alpha value is -0.160. The maximum atomic E-state index is 9.25. The lowest BCUT2D eigenvalue weighted by Crippen LogP contribution is -2.65. The van der Waals surface area contributed by atoms with Crippen LogP contribution in [0.25, 0.3) is 0 Å². The molecule has 2 unspecified atom stereocenters. The van der Waals surface area contributed by atoms with Crippen molar-refractivity contribution in [3.05, 3.63) is 0 Å². The summed E-state index contributed by atoms with van der Waals surface area (Å²) in [4.78, 5) is 0. The fourth-order valence-corrected chi connectivity index (χ4v) is 0.612. The summed E-state index contributed by atoms with van der Waals surface area (Å²) in [5, 5.41) is 18.5. The molecule has 4 nitrogen and oxygen atoms in total. The second-order valence-electron chi connectivity index (χ2n) is 2.56. The smallest absolute Gasteiger partial charge is 0.155 e. The van der Waals surface area contributed by atoms with Gasteiger partial charge in [-0.1, -0.05) is 13.8 Å². The lowest BCUT2D eigenvalue weighted by atomic mass is 9.96. The van der Waals surface area contributed by atoms with Gasteiger partial charge in [0.05, 0.1) is 0 Å².